The lowest BCUT2D eigenvalue weighted by molar-refractivity contribution is -0.385. The normalized spacial score (nSPS) is 11.4. The summed E-state index contributed by atoms with van der Waals surface area (Å²) in [4.78, 5) is 19.1. The second kappa shape index (κ2) is 8.17. The molecule has 30 heavy (non-hydrogen) atoms. The Balaban J connectivity index is 1.69. The number of phenolic OH excluding ortho intramolecular Hbond substituents is 1. The molecule has 0 atom stereocenters. The van der Waals surface area contributed by atoms with Gasteiger partial charge in [0.15, 0.2) is 5.58 Å². The highest BCUT2D eigenvalue weighted by Crippen LogP contribution is 2.33. The quantitative estimate of drug-likeness (QED) is 0.167. The van der Waals surface area contributed by atoms with Crippen molar-refractivity contribution in [1.82, 2.24) is 4.98 Å². The Morgan fingerprint density at radius 1 is 1.13 bits per heavy atom. The lowest BCUT2D eigenvalue weighted by Crippen LogP contribution is -1.92. The number of halogens is 3. The van der Waals surface area contributed by atoms with E-state index in [2.05, 4.69) is 41.8 Å². The van der Waals surface area contributed by atoms with Gasteiger partial charge in [0.05, 0.1) is 10.6 Å². The average Bonchev–Trinajstić information content (AvgIpc) is 3.11. The molecule has 0 unspecified atom stereocenters. The molecule has 1 aromatic heterocycles. The van der Waals surface area contributed by atoms with Crippen LogP contribution in [0.25, 0.3) is 22.6 Å². The molecule has 150 valence electrons. The van der Waals surface area contributed by atoms with Crippen LogP contribution in [-0.2, 0) is 0 Å². The highest BCUT2D eigenvalue weighted by molar-refractivity contribution is 9.11. The highest BCUT2D eigenvalue weighted by atomic mass is 79.9. The van der Waals surface area contributed by atoms with Crippen LogP contribution in [0.1, 0.15) is 5.56 Å². The Kier molecular flexibility index (Phi) is 5.59. The van der Waals surface area contributed by atoms with Crippen molar-refractivity contribution < 1.29 is 14.4 Å². The Bertz CT molecular complexity index is 1320. The van der Waals surface area contributed by atoms with E-state index < -0.39 is 16.4 Å². The number of aliphatic imine (C=N–C) groups is 1. The third-order valence-electron chi connectivity index (χ3n) is 4.11. The molecule has 0 saturated carbocycles. The summed E-state index contributed by atoms with van der Waals surface area (Å²) in [6.45, 7) is 0. The number of nitrogens with zero attached hydrogens (tertiary/aromatic N) is 3. The van der Waals surface area contributed by atoms with E-state index in [-0.39, 0.29) is 10.6 Å². The monoisotopic (exact) mass is 549 g/mol. The Hall–Kier alpha value is -2.75. The van der Waals surface area contributed by atoms with E-state index in [4.69, 9.17) is 16.0 Å². The number of rotatable bonds is 4. The predicted molar refractivity (Wildman–Crippen MR) is 122 cm³/mol. The second-order valence-corrected chi connectivity index (χ2v) is 8.48. The third kappa shape index (κ3) is 4.23. The molecule has 7 nitrogen and oxygen atoms in total. The molecule has 0 aliphatic carbocycles. The summed E-state index contributed by atoms with van der Waals surface area (Å²) in [5, 5.41) is 21.2. The molecule has 0 spiro atoms. The number of nitro benzene ring substituents is 1. The molecule has 1 N–H and O–H groups in total. The number of hydrogen-bond donors (Lipinski definition) is 1. The van der Waals surface area contributed by atoms with Gasteiger partial charge in [-0.3, -0.25) is 15.1 Å². The van der Waals surface area contributed by atoms with Crippen molar-refractivity contribution in [2.45, 2.75) is 0 Å². The minimum atomic E-state index is -0.707. The van der Waals surface area contributed by atoms with Crippen LogP contribution < -0.4 is 0 Å². The van der Waals surface area contributed by atoms with Gasteiger partial charge in [-0.1, -0.05) is 43.5 Å². The molecule has 10 heteroatoms. The number of nitro groups is 1. The summed E-state index contributed by atoms with van der Waals surface area (Å²) >= 11 is 12.8. The fourth-order valence-electron chi connectivity index (χ4n) is 2.78. The highest BCUT2D eigenvalue weighted by Gasteiger charge is 2.18. The van der Waals surface area contributed by atoms with E-state index in [0.29, 0.717) is 22.7 Å². The third-order valence-corrected chi connectivity index (χ3v) is 5.25. The van der Waals surface area contributed by atoms with Crippen LogP contribution in [0.2, 0.25) is 5.02 Å². The van der Waals surface area contributed by atoms with E-state index in [1.807, 2.05) is 18.2 Å². The van der Waals surface area contributed by atoms with Gasteiger partial charge in [-0.15, -0.1) is 0 Å². The van der Waals surface area contributed by atoms with Crippen molar-refractivity contribution >= 4 is 72.1 Å². The maximum Gasteiger partial charge on any atom is 0.312 e. The number of hydrogen-bond acceptors (Lipinski definition) is 6. The fourth-order valence-corrected chi connectivity index (χ4v) is 4.30. The minimum Gasteiger partial charge on any atom is -0.502 e. The van der Waals surface area contributed by atoms with Crippen molar-refractivity contribution in [2.75, 3.05) is 0 Å². The zero-order chi connectivity index (χ0) is 21.4. The minimum absolute atomic E-state index is 0.123. The second-order valence-electron chi connectivity index (χ2n) is 6.21. The number of aromatic nitrogens is 1. The molecule has 0 bridgehead atoms. The van der Waals surface area contributed by atoms with Gasteiger partial charge in [-0.2, -0.15) is 0 Å². The van der Waals surface area contributed by atoms with Crippen molar-refractivity contribution in [1.29, 1.82) is 0 Å². The van der Waals surface area contributed by atoms with Gasteiger partial charge in [0.2, 0.25) is 11.6 Å². The first-order chi connectivity index (χ1) is 14.3. The Morgan fingerprint density at radius 2 is 1.87 bits per heavy atom. The molecule has 0 radical (unpaired) electrons. The molecular formula is C20H10Br2ClN3O4. The first-order valence-corrected chi connectivity index (χ1v) is 10.3. The van der Waals surface area contributed by atoms with Crippen LogP contribution in [0, 0.1) is 10.1 Å². The first-order valence-electron chi connectivity index (χ1n) is 8.38. The van der Waals surface area contributed by atoms with Crippen LogP contribution >= 0.6 is 43.5 Å². The largest absolute Gasteiger partial charge is 0.502 e. The summed E-state index contributed by atoms with van der Waals surface area (Å²) in [5.41, 5.74) is 2.15. The molecule has 1 heterocycles. The Morgan fingerprint density at radius 3 is 2.57 bits per heavy atom. The number of phenols is 1. The molecule has 0 fully saturated rings. The van der Waals surface area contributed by atoms with E-state index in [0.717, 1.165) is 20.6 Å². The number of oxazole rings is 1. The SMILES string of the molecule is O=[N+]([O-])c1cc(Cl)cc(C=Nc2ccc3oc(-c4cc(Br)cc(Br)c4)nc3c2)c1O. The number of benzene rings is 3. The molecular weight excluding hydrogens is 541 g/mol. The van der Waals surface area contributed by atoms with Gasteiger partial charge < -0.3 is 9.52 Å². The molecule has 0 aliphatic heterocycles. The molecule has 0 saturated heterocycles. The van der Waals surface area contributed by atoms with E-state index in [1.54, 1.807) is 18.2 Å². The summed E-state index contributed by atoms with van der Waals surface area (Å²) in [6.07, 6.45) is 1.31. The van der Waals surface area contributed by atoms with Gasteiger partial charge in [0.1, 0.15) is 5.52 Å². The van der Waals surface area contributed by atoms with Crippen molar-refractivity contribution in [2.24, 2.45) is 4.99 Å². The van der Waals surface area contributed by atoms with Crippen LogP contribution in [-0.4, -0.2) is 21.2 Å². The van der Waals surface area contributed by atoms with Crippen molar-refractivity contribution in [3.8, 4) is 17.2 Å². The summed E-state index contributed by atoms with van der Waals surface area (Å²) < 4.78 is 7.59. The summed E-state index contributed by atoms with van der Waals surface area (Å²) in [7, 11) is 0. The van der Waals surface area contributed by atoms with E-state index >= 15 is 0 Å². The van der Waals surface area contributed by atoms with Crippen LogP contribution in [0.3, 0.4) is 0 Å². The lowest BCUT2D eigenvalue weighted by Gasteiger charge is -2.01. The molecule has 4 aromatic rings. The van der Waals surface area contributed by atoms with Gasteiger partial charge in [0, 0.05) is 37.4 Å². The van der Waals surface area contributed by atoms with Crippen LogP contribution in [0.5, 0.6) is 5.75 Å². The standard InChI is InChI=1S/C20H10Br2ClN3O4/c21-12-3-10(4-13(22)6-12)20-25-16-8-15(1-2-18(16)30-20)24-9-11-5-14(23)7-17(19(11)27)26(28)29/h1-9,27H. The van der Waals surface area contributed by atoms with E-state index in [9.17, 15) is 15.2 Å². The van der Waals surface area contributed by atoms with Gasteiger partial charge in [0.25, 0.3) is 0 Å². The van der Waals surface area contributed by atoms with Crippen LogP contribution in [0.15, 0.2) is 66.9 Å². The smallest absolute Gasteiger partial charge is 0.312 e. The summed E-state index contributed by atoms with van der Waals surface area (Å²) in [6, 6.07) is 13.3. The fraction of sp³-hybridized carbons (Fsp3) is 0. The topological polar surface area (TPSA) is 102 Å². The van der Waals surface area contributed by atoms with Crippen LogP contribution in [0.4, 0.5) is 11.4 Å². The number of fused-ring (bicyclic) bond motifs is 1. The predicted octanol–water partition coefficient (Wildman–Crippen LogP) is 7.04. The van der Waals surface area contributed by atoms with Gasteiger partial charge in [-0.25, -0.2) is 4.98 Å². The Labute approximate surface area is 191 Å². The van der Waals surface area contributed by atoms with Crippen molar-refractivity contribution in [3.63, 3.8) is 0 Å². The average molecular weight is 552 g/mol. The summed E-state index contributed by atoms with van der Waals surface area (Å²) in [5.74, 6) is -0.0468. The number of aromatic hydroxyl groups is 1. The molecule has 0 aliphatic rings. The molecule has 3 aromatic carbocycles. The molecule has 4 rings (SSSR count). The molecule has 0 amide bonds. The maximum atomic E-state index is 11.0. The zero-order valence-corrected chi connectivity index (χ0v) is 18.8. The van der Waals surface area contributed by atoms with Crippen molar-refractivity contribution in [3.05, 3.63) is 78.2 Å². The van der Waals surface area contributed by atoms with Gasteiger partial charge in [-0.05, 0) is 42.5 Å². The zero-order valence-electron chi connectivity index (χ0n) is 14.8. The van der Waals surface area contributed by atoms with E-state index in [1.165, 1.54) is 12.3 Å². The lowest BCUT2D eigenvalue weighted by atomic mass is 10.2. The van der Waals surface area contributed by atoms with Gasteiger partial charge >= 0.3 is 5.69 Å². The maximum absolute atomic E-state index is 11.0. The first kappa shape index (κ1) is 20.5.